The summed E-state index contributed by atoms with van der Waals surface area (Å²) < 4.78 is 11.3. The quantitative estimate of drug-likeness (QED) is 0.402. The molecule has 0 unspecified atom stereocenters. The molecule has 7 nitrogen and oxygen atoms in total. The maximum atomic E-state index is 11.9. The topological polar surface area (TPSA) is 65.5 Å². The molecule has 1 N–H and O–H groups in total. The molecule has 220 valence electrons. The van der Waals surface area contributed by atoms with Gasteiger partial charge < -0.3 is 19.5 Å². The van der Waals surface area contributed by atoms with Crippen LogP contribution in [0, 0.1) is 5.92 Å². The van der Waals surface area contributed by atoms with Gasteiger partial charge in [-0.15, -0.1) is 0 Å². The zero-order valence-corrected chi connectivity index (χ0v) is 25.1. The summed E-state index contributed by atoms with van der Waals surface area (Å²) in [5.74, 6) is 1.26. The fourth-order valence-corrected chi connectivity index (χ4v) is 6.10. The van der Waals surface area contributed by atoms with Gasteiger partial charge in [0.15, 0.2) is 0 Å². The molecule has 0 radical (unpaired) electrons. The van der Waals surface area contributed by atoms with Crippen molar-refractivity contribution in [1.29, 1.82) is 0 Å². The molecule has 2 heterocycles. The molecule has 0 spiro atoms. The van der Waals surface area contributed by atoms with Crippen LogP contribution in [0.15, 0.2) is 48.5 Å². The van der Waals surface area contributed by atoms with Gasteiger partial charge in [-0.3, -0.25) is 9.80 Å². The first kappa shape index (κ1) is 30.5. The number of rotatable bonds is 11. The van der Waals surface area contributed by atoms with Gasteiger partial charge in [0, 0.05) is 44.8 Å². The average Bonchev–Trinajstić information content (AvgIpc) is 2.91. The fraction of sp³-hybridized carbons (Fsp3) is 0.606. The number of ether oxygens (including phenoxy) is 2. The minimum atomic E-state index is -0.630. The van der Waals surface area contributed by atoms with E-state index in [1.165, 1.54) is 11.1 Å². The van der Waals surface area contributed by atoms with E-state index in [9.17, 15) is 9.90 Å². The van der Waals surface area contributed by atoms with Crippen LogP contribution in [0.2, 0.25) is 0 Å². The lowest BCUT2D eigenvalue weighted by atomic mass is 9.96. The van der Waals surface area contributed by atoms with Gasteiger partial charge in [0.1, 0.15) is 5.75 Å². The summed E-state index contributed by atoms with van der Waals surface area (Å²) >= 11 is 0. The number of carbonyl (C=O) groups is 1. The highest BCUT2D eigenvalue weighted by atomic mass is 16.5. The van der Waals surface area contributed by atoms with E-state index in [0.717, 1.165) is 71.0 Å². The highest BCUT2D eigenvalue weighted by Crippen LogP contribution is 2.24. The smallest absolute Gasteiger partial charge is 0.338 e. The van der Waals surface area contributed by atoms with Crippen molar-refractivity contribution in [3.63, 3.8) is 0 Å². The van der Waals surface area contributed by atoms with Crippen molar-refractivity contribution >= 4 is 5.97 Å². The maximum absolute atomic E-state index is 11.9. The number of aliphatic hydroxyl groups is 1. The zero-order valence-electron chi connectivity index (χ0n) is 25.1. The SMILES string of the molecule is CCOC(=O)c1ccc(CN2C[C@@H](C)N(Cc3ccc(OCC4CCN(CC(C)(C)O)CC4)cc3)[C@@H](C)C2)cc1. The third-order valence-electron chi connectivity index (χ3n) is 8.14. The molecule has 0 bridgehead atoms. The molecule has 2 aromatic carbocycles. The lowest BCUT2D eigenvalue weighted by Gasteiger charge is -2.44. The summed E-state index contributed by atoms with van der Waals surface area (Å²) in [6.07, 6.45) is 2.24. The van der Waals surface area contributed by atoms with Crippen LogP contribution in [0.5, 0.6) is 5.75 Å². The van der Waals surface area contributed by atoms with Gasteiger partial charge in [0.25, 0.3) is 0 Å². The van der Waals surface area contributed by atoms with Crippen LogP contribution in [-0.2, 0) is 17.8 Å². The molecule has 2 fully saturated rings. The zero-order chi connectivity index (χ0) is 28.7. The second-order valence-electron chi connectivity index (χ2n) is 12.5. The molecule has 2 atom stereocenters. The predicted molar refractivity (Wildman–Crippen MR) is 160 cm³/mol. The van der Waals surface area contributed by atoms with E-state index in [0.29, 0.717) is 30.2 Å². The van der Waals surface area contributed by atoms with Gasteiger partial charge in [0.2, 0.25) is 0 Å². The Hall–Kier alpha value is -2.45. The number of nitrogens with zero attached hydrogens (tertiary/aromatic N) is 3. The summed E-state index contributed by atoms with van der Waals surface area (Å²) in [7, 11) is 0. The Morgan fingerprint density at radius 1 is 0.900 bits per heavy atom. The van der Waals surface area contributed by atoms with Gasteiger partial charge in [-0.2, -0.15) is 0 Å². The molecule has 0 aliphatic carbocycles. The molecule has 0 aromatic heterocycles. The van der Waals surface area contributed by atoms with Crippen molar-refractivity contribution in [2.75, 3.05) is 45.9 Å². The van der Waals surface area contributed by atoms with Gasteiger partial charge in [-0.05, 0) is 102 Å². The molecular weight excluding hydrogens is 502 g/mol. The molecule has 40 heavy (non-hydrogen) atoms. The second kappa shape index (κ2) is 13.9. The number of piperidine rings is 1. The number of benzene rings is 2. The van der Waals surface area contributed by atoms with E-state index in [1.807, 2.05) is 45.0 Å². The van der Waals surface area contributed by atoms with Crippen LogP contribution in [0.1, 0.15) is 68.9 Å². The third-order valence-corrected chi connectivity index (χ3v) is 8.14. The van der Waals surface area contributed by atoms with Crippen LogP contribution in [0.3, 0.4) is 0 Å². The van der Waals surface area contributed by atoms with Gasteiger partial charge in [-0.1, -0.05) is 24.3 Å². The number of esters is 1. The van der Waals surface area contributed by atoms with E-state index in [4.69, 9.17) is 9.47 Å². The molecular formula is C33H49N3O4. The highest BCUT2D eigenvalue weighted by molar-refractivity contribution is 5.89. The molecule has 0 saturated carbocycles. The van der Waals surface area contributed by atoms with E-state index in [-0.39, 0.29) is 5.97 Å². The van der Waals surface area contributed by atoms with Gasteiger partial charge in [0.05, 0.1) is 24.4 Å². The number of likely N-dealkylation sites (tertiary alicyclic amines) is 1. The summed E-state index contributed by atoms with van der Waals surface area (Å²) in [5.41, 5.74) is 2.51. The van der Waals surface area contributed by atoms with Crippen molar-refractivity contribution < 1.29 is 19.4 Å². The number of hydrogen-bond donors (Lipinski definition) is 1. The fourth-order valence-electron chi connectivity index (χ4n) is 6.10. The number of β-amino-alcohol motifs (C(OH)–C–C–N with tert-alkyl or cyclic N) is 1. The standard InChI is InChI=1S/C33H49N3O4/c1-6-39-32(37)30-11-7-27(8-12-30)21-35-19-25(2)36(26(3)20-35)22-28-9-13-31(14-10-28)40-23-29-15-17-34(18-16-29)24-33(4,5)38/h7-14,25-26,29,38H,6,15-24H2,1-5H3/t25-,26+. The second-order valence-corrected chi connectivity index (χ2v) is 12.5. The molecule has 4 rings (SSSR count). The van der Waals surface area contributed by atoms with Crippen LogP contribution in [0.25, 0.3) is 0 Å². The first-order valence-electron chi connectivity index (χ1n) is 15.0. The highest BCUT2D eigenvalue weighted by Gasteiger charge is 2.29. The van der Waals surface area contributed by atoms with Gasteiger partial charge >= 0.3 is 5.97 Å². The van der Waals surface area contributed by atoms with E-state index < -0.39 is 5.60 Å². The maximum Gasteiger partial charge on any atom is 0.338 e. The van der Waals surface area contributed by atoms with Crippen LogP contribution in [0.4, 0.5) is 0 Å². The Bertz CT molecular complexity index is 1050. The van der Waals surface area contributed by atoms with Crippen molar-refractivity contribution in [2.24, 2.45) is 5.92 Å². The minimum absolute atomic E-state index is 0.260. The number of carbonyl (C=O) groups excluding carboxylic acids is 1. The lowest BCUT2D eigenvalue weighted by Crippen LogP contribution is -2.55. The average molecular weight is 552 g/mol. The monoisotopic (exact) mass is 551 g/mol. The minimum Gasteiger partial charge on any atom is -0.493 e. The van der Waals surface area contributed by atoms with Crippen molar-refractivity contribution in [3.8, 4) is 5.75 Å². The summed E-state index contributed by atoms with van der Waals surface area (Å²) in [5, 5.41) is 10.1. The molecule has 0 amide bonds. The Balaban J connectivity index is 1.21. The number of hydrogen-bond acceptors (Lipinski definition) is 7. The van der Waals surface area contributed by atoms with E-state index in [1.54, 1.807) is 0 Å². The van der Waals surface area contributed by atoms with Crippen LogP contribution in [-0.4, -0.2) is 89.4 Å². The molecule has 2 aliphatic rings. The van der Waals surface area contributed by atoms with Crippen LogP contribution >= 0.6 is 0 Å². The normalized spacial score (nSPS) is 21.9. The molecule has 2 saturated heterocycles. The van der Waals surface area contributed by atoms with Gasteiger partial charge in [-0.25, -0.2) is 4.79 Å². The molecule has 2 aromatic rings. The molecule has 7 heteroatoms. The predicted octanol–water partition coefficient (Wildman–Crippen LogP) is 4.82. The van der Waals surface area contributed by atoms with Crippen LogP contribution < -0.4 is 4.74 Å². The first-order chi connectivity index (χ1) is 19.1. The Labute approximate surface area is 241 Å². The van der Waals surface area contributed by atoms with E-state index >= 15 is 0 Å². The number of piperazine rings is 1. The largest absolute Gasteiger partial charge is 0.493 e. The lowest BCUT2D eigenvalue weighted by molar-refractivity contribution is 0.0212. The van der Waals surface area contributed by atoms with Crippen molar-refractivity contribution in [2.45, 2.75) is 78.2 Å². The third kappa shape index (κ3) is 9.03. The summed E-state index contributed by atoms with van der Waals surface area (Å²) in [4.78, 5) is 19.4. The Kier molecular flexibility index (Phi) is 10.6. The molecule has 2 aliphatic heterocycles. The summed E-state index contributed by atoms with van der Waals surface area (Å²) in [6, 6.07) is 17.3. The Morgan fingerprint density at radius 3 is 2.05 bits per heavy atom. The van der Waals surface area contributed by atoms with E-state index in [2.05, 4.69) is 52.8 Å². The van der Waals surface area contributed by atoms with Crippen molar-refractivity contribution in [1.82, 2.24) is 14.7 Å². The first-order valence-corrected chi connectivity index (χ1v) is 15.0. The Morgan fingerprint density at radius 2 is 1.48 bits per heavy atom. The summed E-state index contributed by atoms with van der Waals surface area (Å²) in [6.45, 7) is 18.0. The van der Waals surface area contributed by atoms with Crippen molar-refractivity contribution in [3.05, 3.63) is 65.2 Å².